The van der Waals surface area contributed by atoms with E-state index >= 15 is 0 Å². The number of halogens is 2. The van der Waals surface area contributed by atoms with Crippen molar-refractivity contribution < 1.29 is 18.6 Å². The topological polar surface area (TPSA) is 29.5 Å². The van der Waals surface area contributed by atoms with E-state index in [-0.39, 0.29) is 12.4 Å². The molecule has 0 aliphatic carbocycles. The fourth-order valence-electron chi connectivity index (χ4n) is 0.962. The maximum atomic E-state index is 11.7. The molecule has 0 aliphatic heterocycles. The molecule has 0 amide bonds. The molecule has 0 atom stereocenters. The van der Waals surface area contributed by atoms with Gasteiger partial charge in [-0.2, -0.15) is 0 Å². The third kappa shape index (κ3) is 4.99. The predicted molar refractivity (Wildman–Crippen MR) is 55.7 cm³/mol. The Bertz CT molecular complexity index is 295. The average molecular weight is 234 g/mol. The molecule has 1 rings (SSSR count). The van der Waals surface area contributed by atoms with Gasteiger partial charge in [0.25, 0.3) is 6.43 Å². The van der Waals surface area contributed by atoms with Crippen LogP contribution in [0.1, 0.15) is 0 Å². The Balaban J connectivity index is 2.18. The van der Waals surface area contributed by atoms with Crippen molar-refractivity contribution in [2.24, 2.45) is 0 Å². The van der Waals surface area contributed by atoms with E-state index in [2.05, 4.69) is 0 Å². The SMILES string of the molecule is Oc1ccccc1SCCOCC(F)F. The van der Waals surface area contributed by atoms with Crippen molar-refractivity contribution in [3.8, 4) is 5.75 Å². The van der Waals surface area contributed by atoms with Gasteiger partial charge >= 0.3 is 0 Å². The van der Waals surface area contributed by atoms with Crippen LogP contribution in [0.15, 0.2) is 29.2 Å². The van der Waals surface area contributed by atoms with Gasteiger partial charge in [-0.05, 0) is 12.1 Å². The number of phenolic OH excluding ortho intramolecular Hbond substituents is 1. The second-order valence-corrected chi connectivity index (χ2v) is 3.92. The van der Waals surface area contributed by atoms with Crippen molar-refractivity contribution in [2.45, 2.75) is 11.3 Å². The molecule has 0 saturated carbocycles. The Hall–Kier alpha value is -0.810. The zero-order valence-corrected chi connectivity index (χ0v) is 8.84. The number of alkyl halides is 2. The number of aromatic hydroxyl groups is 1. The molecule has 0 bridgehead atoms. The highest BCUT2D eigenvalue weighted by Gasteiger charge is 2.02. The summed E-state index contributed by atoms with van der Waals surface area (Å²) >= 11 is 1.38. The molecule has 0 aromatic heterocycles. The van der Waals surface area contributed by atoms with E-state index in [1.54, 1.807) is 18.2 Å². The summed E-state index contributed by atoms with van der Waals surface area (Å²) in [6.45, 7) is -0.273. The fourth-order valence-corrected chi connectivity index (χ4v) is 1.77. The first kappa shape index (κ1) is 12.3. The van der Waals surface area contributed by atoms with Crippen LogP contribution < -0.4 is 0 Å². The van der Waals surface area contributed by atoms with E-state index < -0.39 is 13.0 Å². The lowest BCUT2D eigenvalue weighted by atomic mass is 10.3. The number of hydrogen-bond acceptors (Lipinski definition) is 3. The van der Waals surface area contributed by atoms with Gasteiger partial charge in [0.2, 0.25) is 0 Å². The lowest BCUT2D eigenvalue weighted by Crippen LogP contribution is -2.06. The van der Waals surface area contributed by atoms with Crippen LogP contribution in [0, 0.1) is 0 Å². The van der Waals surface area contributed by atoms with Gasteiger partial charge in [0.05, 0.1) is 6.61 Å². The Kier molecular flexibility index (Phi) is 5.42. The van der Waals surface area contributed by atoms with E-state index in [0.29, 0.717) is 5.75 Å². The summed E-state index contributed by atoms with van der Waals surface area (Å²) in [5.74, 6) is 0.751. The fraction of sp³-hybridized carbons (Fsp3) is 0.400. The van der Waals surface area contributed by atoms with Crippen LogP contribution in [0.2, 0.25) is 0 Å². The second kappa shape index (κ2) is 6.63. The van der Waals surface area contributed by atoms with Crippen molar-refractivity contribution in [3.05, 3.63) is 24.3 Å². The second-order valence-electron chi connectivity index (χ2n) is 2.78. The highest BCUT2D eigenvalue weighted by atomic mass is 32.2. The summed E-state index contributed by atoms with van der Waals surface area (Å²) in [7, 11) is 0. The van der Waals surface area contributed by atoms with Crippen molar-refractivity contribution in [1.82, 2.24) is 0 Å². The monoisotopic (exact) mass is 234 g/mol. The molecule has 1 aromatic carbocycles. The Morgan fingerprint density at radius 1 is 1.33 bits per heavy atom. The summed E-state index contributed by atoms with van der Waals surface area (Å²) in [5.41, 5.74) is 0. The van der Waals surface area contributed by atoms with Gasteiger partial charge in [-0.1, -0.05) is 12.1 Å². The first-order valence-electron chi connectivity index (χ1n) is 4.47. The summed E-state index contributed by atoms with van der Waals surface area (Å²) in [5, 5.41) is 9.37. The van der Waals surface area contributed by atoms with Crippen LogP contribution in [-0.2, 0) is 4.74 Å². The van der Waals surface area contributed by atoms with Crippen LogP contribution in [0.4, 0.5) is 8.78 Å². The number of para-hydroxylation sites is 1. The van der Waals surface area contributed by atoms with Gasteiger partial charge in [-0.25, -0.2) is 8.78 Å². The molecule has 0 unspecified atom stereocenters. The first-order valence-corrected chi connectivity index (χ1v) is 5.45. The first-order chi connectivity index (χ1) is 7.20. The summed E-state index contributed by atoms with van der Waals surface area (Å²) < 4.78 is 28.1. The van der Waals surface area contributed by atoms with Gasteiger partial charge in [0.15, 0.2) is 0 Å². The molecule has 0 spiro atoms. The van der Waals surface area contributed by atoms with E-state index in [4.69, 9.17) is 4.74 Å². The number of phenols is 1. The molecule has 1 aromatic rings. The standard InChI is InChI=1S/C10H12F2O2S/c11-10(12)7-14-5-6-15-9-4-2-1-3-8(9)13/h1-4,10,13H,5-7H2. The Morgan fingerprint density at radius 2 is 2.07 bits per heavy atom. The van der Waals surface area contributed by atoms with E-state index in [1.807, 2.05) is 6.07 Å². The molecule has 1 N–H and O–H groups in total. The maximum absolute atomic E-state index is 11.7. The van der Waals surface area contributed by atoms with Gasteiger partial charge in [-0.15, -0.1) is 11.8 Å². The normalized spacial score (nSPS) is 10.9. The predicted octanol–water partition coefficient (Wildman–Crippen LogP) is 2.77. The van der Waals surface area contributed by atoms with Gasteiger partial charge in [-0.3, -0.25) is 0 Å². The molecule has 2 nitrogen and oxygen atoms in total. The van der Waals surface area contributed by atoms with Gasteiger partial charge < -0.3 is 9.84 Å². The van der Waals surface area contributed by atoms with Crippen molar-refractivity contribution >= 4 is 11.8 Å². The molecular formula is C10H12F2O2S. The molecule has 0 aliphatic rings. The molecular weight excluding hydrogens is 222 g/mol. The van der Waals surface area contributed by atoms with Gasteiger partial charge in [0.1, 0.15) is 12.4 Å². The third-order valence-electron chi connectivity index (χ3n) is 1.59. The van der Waals surface area contributed by atoms with Crippen molar-refractivity contribution in [2.75, 3.05) is 19.0 Å². The molecule has 15 heavy (non-hydrogen) atoms. The van der Waals surface area contributed by atoms with Crippen molar-refractivity contribution in [1.29, 1.82) is 0 Å². The zero-order chi connectivity index (χ0) is 11.1. The van der Waals surface area contributed by atoms with E-state index in [0.717, 1.165) is 4.90 Å². The van der Waals surface area contributed by atoms with Crippen LogP contribution in [0.3, 0.4) is 0 Å². The van der Waals surface area contributed by atoms with Crippen LogP contribution >= 0.6 is 11.8 Å². The highest BCUT2D eigenvalue weighted by molar-refractivity contribution is 7.99. The molecule has 0 fully saturated rings. The molecule has 0 saturated heterocycles. The highest BCUT2D eigenvalue weighted by Crippen LogP contribution is 2.27. The number of ether oxygens (including phenoxy) is 1. The van der Waals surface area contributed by atoms with Crippen molar-refractivity contribution in [3.63, 3.8) is 0 Å². The quantitative estimate of drug-likeness (QED) is 0.606. The smallest absolute Gasteiger partial charge is 0.261 e. The minimum absolute atomic E-state index is 0.205. The lowest BCUT2D eigenvalue weighted by molar-refractivity contribution is 0.0237. The number of thioether (sulfide) groups is 1. The van der Waals surface area contributed by atoms with E-state index in [9.17, 15) is 13.9 Å². The van der Waals surface area contributed by atoms with Gasteiger partial charge in [0, 0.05) is 10.6 Å². The van der Waals surface area contributed by atoms with E-state index in [1.165, 1.54) is 11.8 Å². The molecule has 0 heterocycles. The number of rotatable bonds is 6. The third-order valence-corrected chi connectivity index (χ3v) is 2.62. The number of hydrogen-bond donors (Lipinski definition) is 1. The number of benzene rings is 1. The zero-order valence-electron chi connectivity index (χ0n) is 8.03. The van der Waals surface area contributed by atoms with Crippen LogP contribution in [-0.4, -0.2) is 30.5 Å². The lowest BCUT2D eigenvalue weighted by Gasteiger charge is -2.04. The minimum atomic E-state index is -2.42. The summed E-state index contributed by atoms with van der Waals surface area (Å²) in [6.07, 6.45) is -2.42. The van der Waals surface area contributed by atoms with Crippen LogP contribution in [0.5, 0.6) is 5.75 Å². The molecule has 5 heteroatoms. The summed E-state index contributed by atoms with van der Waals surface area (Å²) in [4.78, 5) is 0.734. The summed E-state index contributed by atoms with van der Waals surface area (Å²) in [6, 6.07) is 6.89. The minimum Gasteiger partial charge on any atom is -0.507 e. The van der Waals surface area contributed by atoms with Crippen LogP contribution in [0.25, 0.3) is 0 Å². The Labute approximate surface area is 91.3 Å². The Morgan fingerprint density at radius 3 is 2.73 bits per heavy atom. The molecule has 84 valence electrons. The largest absolute Gasteiger partial charge is 0.507 e. The average Bonchev–Trinajstić information content (AvgIpc) is 2.20. The maximum Gasteiger partial charge on any atom is 0.261 e. The molecule has 0 radical (unpaired) electrons.